The van der Waals surface area contributed by atoms with E-state index in [1.807, 2.05) is 55.5 Å². The monoisotopic (exact) mass is 430 g/mol. The highest BCUT2D eigenvalue weighted by Gasteiger charge is 2.30. The fourth-order valence-electron chi connectivity index (χ4n) is 4.50. The minimum absolute atomic E-state index is 0.315. The Kier molecular flexibility index (Phi) is 5.19. The number of hydrogen-bond acceptors (Lipinski definition) is 5. The second-order valence-electron chi connectivity index (χ2n) is 8.30. The van der Waals surface area contributed by atoms with Gasteiger partial charge < -0.3 is 24.8 Å². The molecule has 1 amide bonds. The molecule has 0 radical (unpaired) electrons. The molecule has 1 saturated heterocycles. The maximum atomic E-state index is 13.2. The molecule has 2 aromatic carbocycles. The van der Waals surface area contributed by atoms with E-state index in [2.05, 4.69) is 15.5 Å². The topological polar surface area (TPSA) is 75.6 Å². The summed E-state index contributed by atoms with van der Waals surface area (Å²) in [5, 5.41) is 6.15. The highest BCUT2D eigenvalue weighted by atomic mass is 16.5. The molecule has 7 nitrogen and oxygen atoms in total. The first-order chi connectivity index (χ1) is 15.5. The zero-order valence-electron chi connectivity index (χ0n) is 18.2. The van der Waals surface area contributed by atoms with Crippen LogP contribution < -0.4 is 20.3 Å². The minimum atomic E-state index is -0.667. The molecule has 32 heavy (non-hydrogen) atoms. The molecule has 1 atom stereocenters. The quantitative estimate of drug-likeness (QED) is 0.492. The van der Waals surface area contributed by atoms with Crippen molar-refractivity contribution in [1.29, 1.82) is 0 Å². The molecule has 1 fully saturated rings. The van der Waals surface area contributed by atoms with Crippen LogP contribution >= 0.6 is 0 Å². The van der Waals surface area contributed by atoms with Crippen LogP contribution in [-0.2, 0) is 11.8 Å². The largest absolute Gasteiger partial charge is 0.489 e. The predicted molar refractivity (Wildman–Crippen MR) is 124 cm³/mol. The first-order valence-electron chi connectivity index (χ1n) is 10.8. The van der Waals surface area contributed by atoms with Crippen LogP contribution in [0.2, 0.25) is 0 Å². The fraction of sp³-hybridized carbons (Fsp3) is 0.280. The molecule has 0 spiro atoms. The number of rotatable bonds is 4. The van der Waals surface area contributed by atoms with Gasteiger partial charge in [-0.2, -0.15) is 0 Å². The number of ketones is 1. The van der Waals surface area contributed by atoms with Gasteiger partial charge in [-0.05, 0) is 30.7 Å². The Morgan fingerprint density at radius 2 is 1.94 bits per heavy atom. The van der Waals surface area contributed by atoms with Crippen LogP contribution in [0, 0.1) is 6.92 Å². The summed E-state index contributed by atoms with van der Waals surface area (Å²) >= 11 is 0. The molecule has 3 heterocycles. The molecule has 1 unspecified atom stereocenters. The van der Waals surface area contributed by atoms with Crippen molar-refractivity contribution < 1.29 is 14.3 Å². The number of hydrogen-bond donors (Lipinski definition) is 2. The molecular formula is C25H26N4O3. The van der Waals surface area contributed by atoms with Crippen molar-refractivity contribution in [2.45, 2.75) is 13.0 Å². The van der Waals surface area contributed by atoms with Gasteiger partial charge in [0, 0.05) is 49.7 Å². The van der Waals surface area contributed by atoms with Crippen molar-refractivity contribution >= 4 is 23.1 Å². The molecule has 2 aliphatic heterocycles. The van der Waals surface area contributed by atoms with Gasteiger partial charge in [-0.1, -0.05) is 30.3 Å². The highest BCUT2D eigenvalue weighted by Crippen LogP contribution is 2.36. The molecule has 0 aliphatic carbocycles. The van der Waals surface area contributed by atoms with Gasteiger partial charge in [0.2, 0.25) is 0 Å². The third kappa shape index (κ3) is 3.54. The Morgan fingerprint density at radius 1 is 1.12 bits per heavy atom. The summed E-state index contributed by atoms with van der Waals surface area (Å²) in [5.41, 5.74) is 4.51. The van der Waals surface area contributed by atoms with E-state index in [0.29, 0.717) is 24.0 Å². The first-order valence-corrected chi connectivity index (χ1v) is 10.8. The Morgan fingerprint density at radius 3 is 2.75 bits per heavy atom. The van der Waals surface area contributed by atoms with Crippen LogP contribution in [-0.4, -0.2) is 48.5 Å². The Bertz CT molecular complexity index is 1190. The molecule has 5 rings (SSSR count). The van der Waals surface area contributed by atoms with Crippen molar-refractivity contribution in [2.75, 3.05) is 36.5 Å². The van der Waals surface area contributed by atoms with Crippen molar-refractivity contribution in [3.8, 4) is 16.9 Å². The van der Waals surface area contributed by atoms with E-state index in [1.165, 1.54) is 0 Å². The van der Waals surface area contributed by atoms with Crippen molar-refractivity contribution in [3.05, 3.63) is 66.0 Å². The number of aryl methyl sites for hydroxylation is 1. The fourth-order valence-corrected chi connectivity index (χ4v) is 4.50. The van der Waals surface area contributed by atoms with Gasteiger partial charge in [0.15, 0.2) is 0 Å². The number of amides is 1. The third-order valence-electron chi connectivity index (χ3n) is 6.29. The number of nitrogens with one attached hydrogen (secondary N) is 2. The van der Waals surface area contributed by atoms with E-state index in [1.54, 1.807) is 17.7 Å². The van der Waals surface area contributed by atoms with Crippen molar-refractivity contribution in [2.24, 2.45) is 7.05 Å². The van der Waals surface area contributed by atoms with Crippen LogP contribution in [0.1, 0.15) is 16.2 Å². The number of ether oxygens (including phenoxy) is 1. The molecule has 0 saturated carbocycles. The molecule has 1 aromatic heterocycles. The minimum Gasteiger partial charge on any atom is -0.489 e. The summed E-state index contributed by atoms with van der Waals surface area (Å²) in [4.78, 5) is 28.4. The van der Waals surface area contributed by atoms with E-state index in [-0.39, 0.29) is 0 Å². The Labute approximate surface area is 187 Å². The highest BCUT2D eigenvalue weighted by molar-refractivity contribution is 6.47. The number of Topliss-reactive ketones (excluding diaryl/α,β-unsaturated/α-hetero) is 1. The average molecular weight is 431 g/mol. The van der Waals surface area contributed by atoms with Crippen LogP contribution in [0.5, 0.6) is 5.75 Å². The van der Waals surface area contributed by atoms with Gasteiger partial charge in [0.05, 0.1) is 11.7 Å². The molecule has 7 heteroatoms. The molecule has 2 N–H and O–H groups in total. The second-order valence-corrected chi connectivity index (χ2v) is 8.30. The Hall–Kier alpha value is -3.58. The van der Waals surface area contributed by atoms with Gasteiger partial charge >= 0.3 is 0 Å². The van der Waals surface area contributed by atoms with Gasteiger partial charge in [-0.25, -0.2) is 0 Å². The van der Waals surface area contributed by atoms with Crippen LogP contribution in [0.3, 0.4) is 0 Å². The summed E-state index contributed by atoms with van der Waals surface area (Å²) in [6, 6.07) is 17.5. The SMILES string of the molecule is Cc1cc(-c2ccccc2)c(C(=O)C(=O)Nc2ccc3c(c2)OCC2CNCCN32)n1C. The van der Waals surface area contributed by atoms with E-state index in [9.17, 15) is 9.59 Å². The molecule has 164 valence electrons. The summed E-state index contributed by atoms with van der Waals surface area (Å²) in [6.07, 6.45) is 0. The molecular weight excluding hydrogens is 404 g/mol. The summed E-state index contributed by atoms with van der Waals surface area (Å²) in [7, 11) is 1.80. The van der Waals surface area contributed by atoms with Gasteiger partial charge in [0.1, 0.15) is 18.1 Å². The van der Waals surface area contributed by atoms with Crippen LogP contribution in [0.25, 0.3) is 11.1 Å². The van der Waals surface area contributed by atoms with Gasteiger partial charge in [0.25, 0.3) is 11.7 Å². The van der Waals surface area contributed by atoms with Crippen molar-refractivity contribution in [3.63, 3.8) is 0 Å². The zero-order valence-corrected chi connectivity index (χ0v) is 18.2. The zero-order chi connectivity index (χ0) is 22.2. The number of carbonyl (C=O) groups excluding carboxylic acids is 2. The number of fused-ring (bicyclic) bond motifs is 3. The average Bonchev–Trinajstić information content (AvgIpc) is 3.13. The number of anilines is 2. The standard InChI is InChI=1S/C25H26N4O3/c1-16-12-20(17-6-4-3-5-7-17)23(28(16)2)24(30)25(31)27-18-8-9-21-22(13-18)32-15-19-14-26-10-11-29(19)21/h3-9,12-13,19,26H,10-11,14-15H2,1-2H3,(H,27,31). The summed E-state index contributed by atoms with van der Waals surface area (Å²) in [5.74, 6) is -0.507. The molecule has 2 aliphatic rings. The van der Waals surface area contributed by atoms with E-state index < -0.39 is 11.7 Å². The third-order valence-corrected chi connectivity index (χ3v) is 6.29. The Balaban J connectivity index is 1.39. The summed E-state index contributed by atoms with van der Waals surface area (Å²) in [6.45, 7) is 5.26. The number of piperazine rings is 1. The van der Waals surface area contributed by atoms with E-state index in [0.717, 1.165) is 47.9 Å². The lowest BCUT2D eigenvalue weighted by Gasteiger charge is -2.42. The van der Waals surface area contributed by atoms with E-state index in [4.69, 9.17) is 4.74 Å². The molecule has 3 aromatic rings. The number of benzene rings is 2. The van der Waals surface area contributed by atoms with Crippen molar-refractivity contribution in [1.82, 2.24) is 9.88 Å². The smallest absolute Gasteiger partial charge is 0.298 e. The van der Waals surface area contributed by atoms with Crippen LogP contribution in [0.15, 0.2) is 54.6 Å². The lowest BCUT2D eigenvalue weighted by atomic mass is 10.0. The second kappa shape index (κ2) is 8.16. The van der Waals surface area contributed by atoms with Gasteiger partial charge in [-0.3, -0.25) is 9.59 Å². The summed E-state index contributed by atoms with van der Waals surface area (Å²) < 4.78 is 7.71. The van der Waals surface area contributed by atoms with E-state index >= 15 is 0 Å². The number of carbonyl (C=O) groups is 2. The van der Waals surface area contributed by atoms with Crippen LogP contribution in [0.4, 0.5) is 11.4 Å². The first kappa shape index (κ1) is 20.3. The number of aromatic nitrogens is 1. The predicted octanol–water partition coefficient (Wildman–Crippen LogP) is 2.99. The van der Waals surface area contributed by atoms with Gasteiger partial charge in [-0.15, -0.1) is 0 Å². The maximum Gasteiger partial charge on any atom is 0.298 e. The normalized spacial score (nSPS) is 17.2. The molecule has 0 bridgehead atoms. The lowest BCUT2D eigenvalue weighted by Crippen LogP contribution is -2.55. The maximum absolute atomic E-state index is 13.2. The lowest BCUT2D eigenvalue weighted by molar-refractivity contribution is -0.112. The number of nitrogens with zero attached hydrogens (tertiary/aromatic N) is 2.